The van der Waals surface area contributed by atoms with Gasteiger partial charge in [0.15, 0.2) is 17.3 Å². The second-order valence-electron chi connectivity index (χ2n) is 7.50. The Labute approximate surface area is 200 Å². The van der Waals surface area contributed by atoms with Crippen molar-refractivity contribution in [2.75, 3.05) is 60.0 Å². The normalized spacial score (nSPS) is 11.7. The molecule has 9 nitrogen and oxygen atoms in total. The van der Waals surface area contributed by atoms with Crippen molar-refractivity contribution >= 4 is 5.82 Å². The second-order valence-corrected chi connectivity index (χ2v) is 7.50. The topological polar surface area (TPSA) is 107 Å². The molecule has 0 saturated carbocycles. The van der Waals surface area contributed by atoms with Crippen molar-refractivity contribution < 1.29 is 24.1 Å². The average Bonchev–Trinajstić information content (AvgIpc) is 2.87. The van der Waals surface area contributed by atoms with Gasteiger partial charge in [-0.25, -0.2) is 9.97 Å². The summed E-state index contributed by atoms with van der Waals surface area (Å²) >= 11 is 0. The van der Waals surface area contributed by atoms with Crippen LogP contribution in [0.15, 0.2) is 48.5 Å². The van der Waals surface area contributed by atoms with Crippen LogP contribution in [0, 0.1) is 0 Å². The first-order valence-corrected chi connectivity index (χ1v) is 11.0. The molecule has 3 rings (SSSR count). The SMILES string of the molecule is CNCC(O)COc1cccc(-c2nc(NCCOC)cc(-c3ccc(OC)c(OC)c3)n2)c1. The third-order valence-corrected chi connectivity index (χ3v) is 4.99. The van der Waals surface area contributed by atoms with Gasteiger partial charge in [0.25, 0.3) is 0 Å². The van der Waals surface area contributed by atoms with Crippen LogP contribution in [0.2, 0.25) is 0 Å². The molecule has 9 heteroatoms. The molecule has 0 bridgehead atoms. The van der Waals surface area contributed by atoms with E-state index in [1.165, 1.54) is 0 Å². The number of likely N-dealkylation sites (N-methyl/N-ethyl adjacent to an activating group) is 1. The number of hydrogen-bond acceptors (Lipinski definition) is 9. The van der Waals surface area contributed by atoms with Crippen molar-refractivity contribution in [3.63, 3.8) is 0 Å². The number of rotatable bonds is 13. The summed E-state index contributed by atoms with van der Waals surface area (Å²) in [6, 6.07) is 15.0. The summed E-state index contributed by atoms with van der Waals surface area (Å²) in [4.78, 5) is 9.50. The van der Waals surface area contributed by atoms with Gasteiger partial charge in [0, 0.05) is 37.4 Å². The molecule has 0 fully saturated rings. The quantitative estimate of drug-likeness (QED) is 0.326. The zero-order valence-corrected chi connectivity index (χ0v) is 20.0. The van der Waals surface area contributed by atoms with Crippen LogP contribution in [0.3, 0.4) is 0 Å². The highest BCUT2D eigenvalue weighted by atomic mass is 16.5. The van der Waals surface area contributed by atoms with Gasteiger partial charge < -0.3 is 34.7 Å². The number of nitrogens with zero attached hydrogens (tertiary/aromatic N) is 2. The van der Waals surface area contributed by atoms with E-state index >= 15 is 0 Å². The molecule has 0 radical (unpaired) electrons. The molecule has 0 aliphatic rings. The molecule has 0 spiro atoms. The van der Waals surface area contributed by atoms with E-state index in [0.29, 0.717) is 48.6 Å². The maximum absolute atomic E-state index is 9.93. The van der Waals surface area contributed by atoms with Crippen LogP contribution in [-0.2, 0) is 4.74 Å². The summed E-state index contributed by atoms with van der Waals surface area (Å²) in [7, 11) is 6.64. The number of aliphatic hydroxyl groups is 1. The molecule has 1 unspecified atom stereocenters. The van der Waals surface area contributed by atoms with Gasteiger partial charge >= 0.3 is 0 Å². The molecule has 0 aliphatic heterocycles. The number of benzene rings is 2. The van der Waals surface area contributed by atoms with Crippen molar-refractivity contribution in [2.45, 2.75) is 6.10 Å². The van der Waals surface area contributed by atoms with Gasteiger partial charge in [-0.2, -0.15) is 0 Å². The highest BCUT2D eigenvalue weighted by molar-refractivity contribution is 5.70. The molecule has 182 valence electrons. The number of ether oxygens (including phenoxy) is 4. The fourth-order valence-electron chi connectivity index (χ4n) is 3.30. The Balaban J connectivity index is 1.95. The van der Waals surface area contributed by atoms with Crippen molar-refractivity contribution in [3.05, 3.63) is 48.5 Å². The Morgan fingerprint density at radius 3 is 2.50 bits per heavy atom. The molecule has 1 heterocycles. The number of anilines is 1. The third kappa shape index (κ3) is 6.80. The lowest BCUT2D eigenvalue weighted by Crippen LogP contribution is -2.29. The fourth-order valence-corrected chi connectivity index (χ4v) is 3.30. The van der Waals surface area contributed by atoms with E-state index in [4.69, 9.17) is 28.9 Å². The summed E-state index contributed by atoms with van der Waals surface area (Å²) in [6.45, 7) is 1.78. The van der Waals surface area contributed by atoms with Gasteiger partial charge in [-0.15, -0.1) is 0 Å². The maximum Gasteiger partial charge on any atom is 0.162 e. The van der Waals surface area contributed by atoms with Crippen molar-refractivity contribution in [1.29, 1.82) is 0 Å². The van der Waals surface area contributed by atoms with E-state index in [9.17, 15) is 5.11 Å². The van der Waals surface area contributed by atoms with Crippen LogP contribution in [0.1, 0.15) is 0 Å². The summed E-state index contributed by atoms with van der Waals surface area (Å²) in [5.74, 6) is 3.09. The monoisotopic (exact) mass is 468 g/mol. The minimum absolute atomic E-state index is 0.181. The Kier molecular flexibility index (Phi) is 9.45. The summed E-state index contributed by atoms with van der Waals surface area (Å²) < 4.78 is 21.7. The molecule has 34 heavy (non-hydrogen) atoms. The molecule has 2 aromatic carbocycles. The number of aliphatic hydroxyl groups excluding tert-OH is 1. The maximum atomic E-state index is 9.93. The van der Waals surface area contributed by atoms with Crippen LogP contribution in [-0.4, -0.2) is 75.9 Å². The number of nitrogens with one attached hydrogen (secondary N) is 2. The van der Waals surface area contributed by atoms with E-state index in [1.807, 2.05) is 48.5 Å². The standard InChI is InChI=1S/C25H32N4O5/c1-26-15-19(30)16-34-20-7-5-6-18(12-20)25-28-21(14-24(29-25)27-10-11-31-2)17-8-9-22(32-3)23(13-17)33-4/h5-9,12-14,19,26,30H,10-11,15-16H2,1-4H3,(H,27,28,29). The molecule has 0 saturated heterocycles. The minimum atomic E-state index is -0.602. The Bertz CT molecular complexity index is 1060. The zero-order chi connectivity index (χ0) is 24.3. The molecular weight excluding hydrogens is 436 g/mol. The van der Waals surface area contributed by atoms with Gasteiger partial charge in [-0.1, -0.05) is 12.1 Å². The molecule has 0 amide bonds. The largest absolute Gasteiger partial charge is 0.493 e. The first kappa shape index (κ1) is 25.2. The summed E-state index contributed by atoms with van der Waals surface area (Å²) in [6.07, 6.45) is -0.602. The molecule has 3 aromatic rings. The van der Waals surface area contributed by atoms with Gasteiger partial charge in [0.2, 0.25) is 0 Å². The molecular formula is C25H32N4O5. The number of aromatic nitrogens is 2. The van der Waals surface area contributed by atoms with Gasteiger partial charge in [0.05, 0.1) is 26.5 Å². The summed E-state index contributed by atoms with van der Waals surface area (Å²) in [5.41, 5.74) is 2.37. The minimum Gasteiger partial charge on any atom is -0.493 e. The summed E-state index contributed by atoms with van der Waals surface area (Å²) in [5, 5.41) is 16.1. The predicted molar refractivity (Wildman–Crippen MR) is 132 cm³/mol. The van der Waals surface area contributed by atoms with E-state index in [-0.39, 0.29) is 6.61 Å². The fraction of sp³-hybridized carbons (Fsp3) is 0.360. The van der Waals surface area contributed by atoms with E-state index in [0.717, 1.165) is 16.8 Å². The van der Waals surface area contributed by atoms with Crippen molar-refractivity contribution in [3.8, 4) is 39.9 Å². The predicted octanol–water partition coefficient (Wildman–Crippen LogP) is 2.85. The van der Waals surface area contributed by atoms with Crippen molar-refractivity contribution in [2.24, 2.45) is 0 Å². The Morgan fingerprint density at radius 2 is 1.76 bits per heavy atom. The Hall–Kier alpha value is -3.40. The van der Waals surface area contributed by atoms with Crippen LogP contribution in [0.5, 0.6) is 17.2 Å². The van der Waals surface area contributed by atoms with Crippen LogP contribution in [0.4, 0.5) is 5.82 Å². The van der Waals surface area contributed by atoms with E-state index in [2.05, 4.69) is 10.6 Å². The highest BCUT2D eigenvalue weighted by Gasteiger charge is 2.13. The molecule has 1 aromatic heterocycles. The number of hydrogen-bond donors (Lipinski definition) is 3. The van der Waals surface area contributed by atoms with Crippen molar-refractivity contribution in [1.82, 2.24) is 15.3 Å². The molecule has 0 aliphatic carbocycles. The second kappa shape index (κ2) is 12.7. The first-order chi connectivity index (χ1) is 16.6. The third-order valence-electron chi connectivity index (χ3n) is 4.99. The molecule has 1 atom stereocenters. The zero-order valence-electron chi connectivity index (χ0n) is 20.0. The number of methoxy groups -OCH3 is 3. The smallest absolute Gasteiger partial charge is 0.162 e. The van der Waals surface area contributed by atoms with Gasteiger partial charge in [-0.05, 0) is 37.4 Å². The highest BCUT2D eigenvalue weighted by Crippen LogP contribution is 2.33. The van der Waals surface area contributed by atoms with E-state index < -0.39 is 6.10 Å². The Morgan fingerprint density at radius 1 is 0.941 bits per heavy atom. The van der Waals surface area contributed by atoms with E-state index in [1.54, 1.807) is 28.4 Å². The van der Waals surface area contributed by atoms with Crippen LogP contribution in [0.25, 0.3) is 22.6 Å². The molecule has 3 N–H and O–H groups in total. The van der Waals surface area contributed by atoms with Crippen LogP contribution >= 0.6 is 0 Å². The first-order valence-electron chi connectivity index (χ1n) is 11.0. The average molecular weight is 469 g/mol. The van der Waals surface area contributed by atoms with Crippen LogP contribution < -0.4 is 24.8 Å². The lowest BCUT2D eigenvalue weighted by molar-refractivity contribution is 0.108. The lowest BCUT2D eigenvalue weighted by Gasteiger charge is -2.14. The van der Waals surface area contributed by atoms with Gasteiger partial charge in [-0.3, -0.25) is 0 Å². The van der Waals surface area contributed by atoms with Gasteiger partial charge in [0.1, 0.15) is 24.3 Å². The lowest BCUT2D eigenvalue weighted by atomic mass is 10.1.